The molecule has 3 unspecified atom stereocenters. The minimum absolute atomic E-state index is 0.103. The van der Waals surface area contributed by atoms with Gasteiger partial charge in [-0.25, -0.2) is 9.13 Å². The van der Waals surface area contributed by atoms with E-state index in [-0.39, 0.29) is 25.7 Å². The van der Waals surface area contributed by atoms with Gasteiger partial charge in [0.05, 0.1) is 26.4 Å². The van der Waals surface area contributed by atoms with Crippen molar-refractivity contribution in [1.29, 1.82) is 0 Å². The zero-order valence-corrected chi connectivity index (χ0v) is 66.2. The molecule has 0 aliphatic rings. The maximum Gasteiger partial charge on any atom is 0.472 e. The molecule has 0 radical (unpaired) electrons. The van der Waals surface area contributed by atoms with Gasteiger partial charge in [0.2, 0.25) is 0 Å². The van der Waals surface area contributed by atoms with Crippen molar-refractivity contribution in [3.05, 3.63) is 0 Å². The summed E-state index contributed by atoms with van der Waals surface area (Å²) in [6, 6.07) is 0. The fourth-order valence-corrected chi connectivity index (χ4v) is 13.6. The van der Waals surface area contributed by atoms with E-state index in [2.05, 4.69) is 55.4 Å². The molecule has 0 fully saturated rings. The van der Waals surface area contributed by atoms with Gasteiger partial charge in [0, 0.05) is 25.7 Å². The van der Waals surface area contributed by atoms with E-state index in [0.29, 0.717) is 37.5 Å². The van der Waals surface area contributed by atoms with E-state index in [1.165, 1.54) is 199 Å². The number of ether oxygens (including phenoxy) is 4. The van der Waals surface area contributed by atoms with Gasteiger partial charge in [0.1, 0.15) is 19.3 Å². The van der Waals surface area contributed by atoms with Gasteiger partial charge in [-0.05, 0) is 49.4 Å². The third kappa shape index (κ3) is 71.1. The van der Waals surface area contributed by atoms with Crippen LogP contribution in [0.4, 0.5) is 0 Å². The smallest absolute Gasteiger partial charge is 0.462 e. The molecular weight excluding hydrogens is 1280 g/mol. The number of phosphoric ester groups is 2. The van der Waals surface area contributed by atoms with Crippen LogP contribution in [-0.2, 0) is 65.4 Å². The second-order valence-electron chi connectivity index (χ2n) is 30.1. The van der Waals surface area contributed by atoms with Crippen molar-refractivity contribution in [3.63, 3.8) is 0 Å². The Balaban J connectivity index is 5.12. The molecule has 98 heavy (non-hydrogen) atoms. The molecule has 0 saturated carbocycles. The van der Waals surface area contributed by atoms with Crippen molar-refractivity contribution in [2.75, 3.05) is 39.6 Å². The van der Waals surface area contributed by atoms with Crippen LogP contribution in [0.1, 0.15) is 402 Å². The number of rotatable bonds is 76. The number of unbranched alkanes of at least 4 members (excludes halogenated alkanes) is 41. The second kappa shape index (κ2) is 68.2. The first-order chi connectivity index (χ1) is 47.1. The Morgan fingerprint density at radius 3 is 0.724 bits per heavy atom. The van der Waals surface area contributed by atoms with Gasteiger partial charge in [-0.1, -0.05) is 351 Å². The maximum atomic E-state index is 13.1. The largest absolute Gasteiger partial charge is 0.472 e. The maximum absolute atomic E-state index is 13.1. The third-order valence-electron chi connectivity index (χ3n) is 18.7. The Bertz CT molecular complexity index is 1920. The predicted octanol–water partition coefficient (Wildman–Crippen LogP) is 23.2. The molecule has 0 rings (SSSR count). The lowest BCUT2D eigenvalue weighted by molar-refractivity contribution is -0.161. The summed E-state index contributed by atoms with van der Waals surface area (Å²) in [6.45, 7) is 14.2. The summed E-state index contributed by atoms with van der Waals surface area (Å²) in [5.74, 6) is 0.923. The van der Waals surface area contributed by atoms with Gasteiger partial charge in [-0.15, -0.1) is 0 Å². The Kier molecular flexibility index (Phi) is 66.8. The minimum Gasteiger partial charge on any atom is -0.462 e. The number of carbonyl (C=O) groups excluding carboxylic acids is 4. The van der Waals surface area contributed by atoms with Crippen molar-refractivity contribution in [1.82, 2.24) is 0 Å². The lowest BCUT2D eigenvalue weighted by Gasteiger charge is -2.21. The van der Waals surface area contributed by atoms with Crippen molar-refractivity contribution >= 4 is 39.5 Å². The molecule has 0 saturated heterocycles. The quantitative estimate of drug-likeness (QED) is 0.0222. The minimum atomic E-state index is -4.96. The number of aliphatic hydroxyl groups is 1. The third-order valence-corrected chi connectivity index (χ3v) is 20.6. The first-order valence-electron chi connectivity index (χ1n) is 40.7. The summed E-state index contributed by atoms with van der Waals surface area (Å²) >= 11 is 0. The number of carbonyl (C=O) groups is 4. The lowest BCUT2D eigenvalue weighted by Crippen LogP contribution is -2.30. The number of aliphatic hydroxyl groups excluding tert-OH is 1. The summed E-state index contributed by atoms with van der Waals surface area (Å²) in [6.07, 6.45) is 54.5. The highest BCUT2D eigenvalue weighted by molar-refractivity contribution is 7.47. The zero-order chi connectivity index (χ0) is 72.4. The zero-order valence-electron chi connectivity index (χ0n) is 64.4. The molecule has 6 atom stereocenters. The highest BCUT2D eigenvalue weighted by atomic mass is 31.2. The van der Waals surface area contributed by atoms with E-state index in [1.807, 2.05) is 0 Å². The molecule has 0 aromatic carbocycles. The molecule has 0 aliphatic heterocycles. The predicted molar refractivity (Wildman–Crippen MR) is 400 cm³/mol. The van der Waals surface area contributed by atoms with E-state index >= 15 is 0 Å². The van der Waals surface area contributed by atoms with Gasteiger partial charge < -0.3 is 33.8 Å². The van der Waals surface area contributed by atoms with Gasteiger partial charge in [0.25, 0.3) is 0 Å². The molecule has 582 valence electrons. The van der Waals surface area contributed by atoms with Crippen LogP contribution in [0.2, 0.25) is 0 Å². The normalized spacial score (nSPS) is 14.3. The molecule has 0 spiro atoms. The van der Waals surface area contributed by atoms with Crippen LogP contribution in [0.15, 0.2) is 0 Å². The van der Waals surface area contributed by atoms with Gasteiger partial charge >= 0.3 is 39.5 Å². The van der Waals surface area contributed by atoms with E-state index in [1.54, 1.807) is 0 Å². The molecule has 3 N–H and O–H groups in total. The summed E-state index contributed by atoms with van der Waals surface area (Å²) in [5.41, 5.74) is 0. The van der Waals surface area contributed by atoms with Crippen LogP contribution >= 0.6 is 15.6 Å². The molecule has 19 heteroatoms. The number of phosphoric acid groups is 2. The average molecular weight is 1440 g/mol. The van der Waals surface area contributed by atoms with E-state index in [0.717, 1.165) is 108 Å². The van der Waals surface area contributed by atoms with E-state index in [4.69, 9.17) is 37.0 Å². The SMILES string of the molecule is CCC(C)CCCCCCCCCCCCCCCCCCCCC(=O)O[C@H](COC(=O)CCCCCCCCC(C)C)COP(=O)(O)OC[C@H](O)COP(=O)(O)OC[C@@H](COC(=O)CCCCCCCCCCCCCCCCC(C)C)OC(=O)CCCCCCCCCC(C)C. The van der Waals surface area contributed by atoms with Crippen LogP contribution in [0.3, 0.4) is 0 Å². The number of hydrogen-bond acceptors (Lipinski definition) is 15. The van der Waals surface area contributed by atoms with Crippen LogP contribution in [-0.4, -0.2) is 96.7 Å². The summed E-state index contributed by atoms with van der Waals surface area (Å²) in [4.78, 5) is 72.8. The second-order valence-corrected chi connectivity index (χ2v) is 33.0. The molecule has 0 amide bonds. The van der Waals surface area contributed by atoms with E-state index < -0.39 is 97.5 Å². The molecule has 0 heterocycles. The van der Waals surface area contributed by atoms with E-state index in [9.17, 15) is 43.2 Å². The number of esters is 4. The standard InChI is InChI=1S/C79H154O17P2/c1-9-72(8)58-50-42-33-27-23-19-14-12-10-11-13-15-21-25-29-35-45-53-61-78(83)95-75(66-90-77(82)60-52-44-38-37-41-49-57-71(6)7)68-94-98(87,88)92-64-73(80)63-91-97(85,86)93-67-74(96-79(84)62-54-46-36-30-32-40-48-56-70(4)5)65-89-76(81)59-51-43-34-28-24-20-17-16-18-22-26-31-39-47-55-69(2)3/h69-75,80H,9-68H2,1-8H3,(H,85,86)(H,87,88)/t72?,73-,74-,75-/m1/s1. The van der Waals surface area contributed by atoms with Crippen molar-refractivity contribution < 1.29 is 80.2 Å². The first kappa shape index (κ1) is 96.1. The first-order valence-corrected chi connectivity index (χ1v) is 43.7. The van der Waals surface area contributed by atoms with Crippen LogP contribution in [0.5, 0.6) is 0 Å². The van der Waals surface area contributed by atoms with Gasteiger partial charge in [-0.2, -0.15) is 0 Å². The molecule has 0 bridgehead atoms. The fourth-order valence-electron chi connectivity index (χ4n) is 12.0. The topological polar surface area (TPSA) is 237 Å². The lowest BCUT2D eigenvalue weighted by atomic mass is 9.99. The molecule has 0 aromatic rings. The van der Waals surface area contributed by atoms with Crippen LogP contribution < -0.4 is 0 Å². The highest BCUT2D eigenvalue weighted by Crippen LogP contribution is 2.45. The Hall–Kier alpha value is -1.94. The van der Waals surface area contributed by atoms with Crippen LogP contribution in [0, 0.1) is 23.7 Å². The summed E-state index contributed by atoms with van der Waals surface area (Å²) < 4.78 is 68.5. The molecule has 17 nitrogen and oxygen atoms in total. The fraction of sp³-hybridized carbons (Fsp3) is 0.949. The molecular formula is C79H154O17P2. The summed E-state index contributed by atoms with van der Waals surface area (Å²) in [7, 11) is -9.91. The van der Waals surface area contributed by atoms with Gasteiger partial charge in [0.15, 0.2) is 12.2 Å². The Morgan fingerprint density at radius 1 is 0.286 bits per heavy atom. The Morgan fingerprint density at radius 2 is 0.490 bits per heavy atom. The number of hydrogen-bond donors (Lipinski definition) is 3. The average Bonchev–Trinajstić information content (AvgIpc) is 0.996. The van der Waals surface area contributed by atoms with Crippen molar-refractivity contribution in [2.45, 2.75) is 420 Å². The van der Waals surface area contributed by atoms with Crippen LogP contribution in [0.25, 0.3) is 0 Å². The molecule has 0 aliphatic carbocycles. The van der Waals surface area contributed by atoms with Crippen molar-refractivity contribution in [3.8, 4) is 0 Å². The van der Waals surface area contributed by atoms with Gasteiger partial charge in [-0.3, -0.25) is 37.3 Å². The summed E-state index contributed by atoms with van der Waals surface area (Å²) in [5, 5.41) is 10.6. The monoisotopic (exact) mass is 1440 g/mol. The molecule has 0 aromatic heterocycles. The highest BCUT2D eigenvalue weighted by Gasteiger charge is 2.30. The van der Waals surface area contributed by atoms with Crippen molar-refractivity contribution in [2.24, 2.45) is 23.7 Å². The Labute approximate surface area is 600 Å².